The number of rotatable bonds is 7. The Bertz CT molecular complexity index is 959. The molecule has 0 N–H and O–H groups in total. The molecule has 1 saturated carbocycles. The number of aryl methyl sites for hydroxylation is 1. The molecule has 1 aliphatic carbocycles. The molecule has 0 radical (unpaired) electrons. The summed E-state index contributed by atoms with van der Waals surface area (Å²) in [5, 5.41) is 3.00. The Morgan fingerprint density at radius 2 is 2.21 bits per heavy atom. The van der Waals surface area contributed by atoms with E-state index in [0.29, 0.717) is 18.4 Å². The number of aromatic nitrogens is 3. The van der Waals surface area contributed by atoms with Gasteiger partial charge in [-0.3, -0.25) is 0 Å². The summed E-state index contributed by atoms with van der Waals surface area (Å²) >= 11 is 1.60. The molecule has 0 bridgehead atoms. The van der Waals surface area contributed by atoms with Gasteiger partial charge >= 0.3 is 5.97 Å². The third-order valence-corrected chi connectivity index (χ3v) is 5.48. The Morgan fingerprint density at radius 1 is 1.36 bits per heavy atom. The van der Waals surface area contributed by atoms with E-state index in [1.165, 1.54) is 6.08 Å². The van der Waals surface area contributed by atoms with Gasteiger partial charge in [-0.15, -0.1) is 11.3 Å². The van der Waals surface area contributed by atoms with Crippen LogP contribution in [0.25, 0.3) is 6.08 Å². The number of nitrogens with zero attached hydrogens (tertiary/aromatic N) is 3. The summed E-state index contributed by atoms with van der Waals surface area (Å²) in [6.07, 6.45) is 10.3. The number of imidazole rings is 1. The van der Waals surface area contributed by atoms with Crippen molar-refractivity contribution in [1.82, 2.24) is 14.5 Å². The lowest BCUT2D eigenvalue weighted by Gasteiger charge is -2.35. The summed E-state index contributed by atoms with van der Waals surface area (Å²) in [6.45, 7) is 2.37. The molecule has 1 fully saturated rings. The number of carbonyl (C=O) groups is 1. The van der Waals surface area contributed by atoms with Crippen LogP contribution < -0.4 is 4.74 Å². The second-order valence-electron chi connectivity index (χ2n) is 6.71. The van der Waals surface area contributed by atoms with E-state index in [0.717, 1.165) is 29.1 Å². The first-order valence-corrected chi connectivity index (χ1v) is 10.0. The molecular formula is C21H21N3O3S. The van der Waals surface area contributed by atoms with E-state index in [2.05, 4.69) is 14.5 Å². The second-order valence-corrected chi connectivity index (χ2v) is 7.77. The SMILES string of the molecule is Cc1nc(COc2ccccc2/C=C/C(=O)OC2CC(n3ccnc3)C2)cs1. The van der Waals surface area contributed by atoms with Crippen molar-refractivity contribution in [3.63, 3.8) is 0 Å². The molecule has 0 saturated heterocycles. The second kappa shape index (κ2) is 8.39. The number of esters is 1. The first kappa shape index (κ1) is 18.4. The summed E-state index contributed by atoms with van der Waals surface area (Å²) in [4.78, 5) is 20.6. The Kier molecular flexibility index (Phi) is 5.53. The van der Waals surface area contributed by atoms with Gasteiger partial charge in [-0.2, -0.15) is 0 Å². The van der Waals surface area contributed by atoms with Crippen LogP contribution in [0, 0.1) is 6.92 Å². The van der Waals surface area contributed by atoms with Crippen LogP contribution in [0.3, 0.4) is 0 Å². The smallest absolute Gasteiger partial charge is 0.331 e. The number of thiazole rings is 1. The van der Waals surface area contributed by atoms with Crippen molar-refractivity contribution < 1.29 is 14.3 Å². The van der Waals surface area contributed by atoms with Crippen molar-refractivity contribution >= 4 is 23.4 Å². The van der Waals surface area contributed by atoms with Gasteiger partial charge in [0.15, 0.2) is 0 Å². The molecule has 3 aromatic rings. The first-order valence-electron chi connectivity index (χ1n) is 9.16. The van der Waals surface area contributed by atoms with Crippen LogP contribution in [0.4, 0.5) is 0 Å². The third-order valence-electron chi connectivity index (χ3n) is 4.66. The standard InChI is InChI=1S/C21H21N3O3S/c1-15-23-17(13-28-15)12-26-20-5-3-2-4-16(20)6-7-21(25)27-19-10-18(11-19)24-9-8-22-14-24/h2-9,13-14,18-19H,10-12H2,1H3/b7-6+. The van der Waals surface area contributed by atoms with E-state index in [1.54, 1.807) is 29.9 Å². The maximum Gasteiger partial charge on any atom is 0.331 e. The molecule has 7 heteroatoms. The number of hydrogen-bond donors (Lipinski definition) is 0. The highest BCUT2D eigenvalue weighted by Crippen LogP contribution is 2.34. The maximum atomic E-state index is 12.1. The summed E-state index contributed by atoms with van der Waals surface area (Å²) in [5.74, 6) is 0.375. The third kappa shape index (κ3) is 4.48. The minimum absolute atomic E-state index is 0.0380. The quantitative estimate of drug-likeness (QED) is 0.443. The van der Waals surface area contributed by atoms with Crippen molar-refractivity contribution in [2.45, 2.75) is 38.5 Å². The van der Waals surface area contributed by atoms with Crippen LogP contribution in [0.1, 0.15) is 35.1 Å². The van der Waals surface area contributed by atoms with Gasteiger partial charge in [0.05, 0.1) is 17.0 Å². The lowest BCUT2D eigenvalue weighted by Crippen LogP contribution is -2.34. The topological polar surface area (TPSA) is 66.2 Å². The van der Waals surface area contributed by atoms with Gasteiger partial charge < -0.3 is 14.0 Å². The van der Waals surface area contributed by atoms with Crippen molar-refractivity contribution in [3.05, 3.63) is 70.7 Å². The predicted molar refractivity (Wildman–Crippen MR) is 107 cm³/mol. The lowest BCUT2D eigenvalue weighted by molar-refractivity contribution is -0.148. The molecule has 1 aliphatic rings. The van der Waals surface area contributed by atoms with Crippen molar-refractivity contribution in [1.29, 1.82) is 0 Å². The molecule has 0 aliphatic heterocycles. The van der Waals surface area contributed by atoms with Gasteiger partial charge in [0, 0.05) is 48.3 Å². The average Bonchev–Trinajstić information content (AvgIpc) is 3.33. The van der Waals surface area contributed by atoms with Crippen LogP contribution >= 0.6 is 11.3 Å². The van der Waals surface area contributed by atoms with Gasteiger partial charge in [-0.05, 0) is 19.1 Å². The summed E-state index contributed by atoms with van der Waals surface area (Å²) in [5.41, 5.74) is 1.73. The van der Waals surface area contributed by atoms with Crippen LogP contribution in [0.2, 0.25) is 0 Å². The zero-order valence-electron chi connectivity index (χ0n) is 15.5. The van der Waals surface area contributed by atoms with E-state index in [4.69, 9.17) is 9.47 Å². The maximum absolute atomic E-state index is 12.1. The monoisotopic (exact) mass is 395 g/mol. The molecule has 1 aromatic carbocycles. The fourth-order valence-corrected chi connectivity index (χ4v) is 3.70. The first-order chi connectivity index (χ1) is 13.7. The molecule has 0 unspecified atom stereocenters. The van der Waals surface area contributed by atoms with E-state index < -0.39 is 0 Å². The highest BCUT2D eigenvalue weighted by molar-refractivity contribution is 7.09. The largest absolute Gasteiger partial charge is 0.487 e. The summed E-state index contributed by atoms with van der Waals surface area (Å²) in [6, 6.07) is 7.97. The van der Waals surface area contributed by atoms with Crippen molar-refractivity contribution in [2.24, 2.45) is 0 Å². The molecule has 144 valence electrons. The Labute approximate surface area is 167 Å². The molecule has 0 spiro atoms. The average molecular weight is 395 g/mol. The normalized spacial score (nSPS) is 18.8. The molecule has 28 heavy (non-hydrogen) atoms. The van der Waals surface area contributed by atoms with E-state index in [9.17, 15) is 4.79 Å². The number of benzene rings is 1. The summed E-state index contributed by atoms with van der Waals surface area (Å²) in [7, 11) is 0. The minimum Gasteiger partial charge on any atom is -0.487 e. The van der Waals surface area contributed by atoms with Gasteiger partial charge in [0.2, 0.25) is 0 Å². The van der Waals surface area contributed by atoms with Gasteiger partial charge in [0.1, 0.15) is 18.5 Å². The minimum atomic E-state index is -0.334. The molecule has 2 heterocycles. The van der Waals surface area contributed by atoms with Gasteiger partial charge in [-0.1, -0.05) is 18.2 Å². The zero-order chi connectivity index (χ0) is 19.3. The van der Waals surface area contributed by atoms with E-state index in [-0.39, 0.29) is 12.1 Å². The molecule has 6 nitrogen and oxygen atoms in total. The molecular weight excluding hydrogens is 374 g/mol. The van der Waals surface area contributed by atoms with Crippen molar-refractivity contribution in [2.75, 3.05) is 0 Å². The summed E-state index contributed by atoms with van der Waals surface area (Å²) < 4.78 is 13.4. The van der Waals surface area contributed by atoms with Crippen LogP contribution in [0.5, 0.6) is 5.75 Å². The fourth-order valence-electron chi connectivity index (χ4n) is 3.10. The number of ether oxygens (including phenoxy) is 2. The lowest BCUT2D eigenvalue weighted by atomic mass is 9.89. The Balaban J connectivity index is 1.30. The molecule has 0 atom stereocenters. The predicted octanol–water partition coefficient (Wildman–Crippen LogP) is 4.19. The van der Waals surface area contributed by atoms with Gasteiger partial charge in [0.25, 0.3) is 0 Å². The fraction of sp³-hybridized carbons (Fsp3) is 0.286. The van der Waals surface area contributed by atoms with Crippen LogP contribution in [-0.4, -0.2) is 26.6 Å². The molecule has 0 amide bonds. The van der Waals surface area contributed by atoms with E-state index in [1.807, 2.05) is 42.8 Å². The van der Waals surface area contributed by atoms with Crippen LogP contribution in [0.15, 0.2) is 54.4 Å². The van der Waals surface area contributed by atoms with E-state index >= 15 is 0 Å². The van der Waals surface area contributed by atoms with Crippen molar-refractivity contribution in [3.8, 4) is 5.75 Å². The number of hydrogen-bond acceptors (Lipinski definition) is 6. The van der Waals surface area contributed by atoms with Crippen LogP contribution in [-0.2, 0) is 16.1 Å². The zero-order valence-corrected chi connectivity index (χ0v) is 16.3. The molecule has 4 rings (SSSR count). The Morgan fingerprint density at radius 3 is 2.96 bits per heavy atom. The number of carbonyl (C=O) groups excluding carboxylic acids is 1. The number of para-hydroxylation sites is 1. The highest BCUT2D eigenvalue weighted by atomic mass is 32.1. The van der Waals surface area contributed by atoms with Gasteiger partial charge in [-0.25, -0.2) is 14.8 Å². The Hall–Kier alpha value is -2.93. The highest BCUT2D eigenvalue weighted by Gasteiger charge is 2.32. The molecule has 2 aromatic heterocycles.